The van der Waals surface area contributed by atoms with Gasteiger partial charge in [-0.15, -0.1) is 0 Å². The Morgan fingerprint density at radius 3 is 2.74 bits per heavy atom. The Hall–Kier alpha value is -2.21. The van der Waals surface area contributed by atoms with Crippen molar-refractivity contribution in [3.8, 4) is 0 Å². The second kappa shape index (κ2) is 7.37. The zero-order valence-corrected chi connectivity index (χ0v) is 14.1. The number of nitro groups is 1. The van der Waals surface area contributed by atoms with Crippen LogP contribution in [0.5, 0.6) is 0 Å². The quantitative estimate of drug-likeness (QED) is 0.625. The average molecular weight is 316 g/mol. The molecule has 0 bridgehead atoms. The standard InChI is InChI=1S/C17H24N4O2/c1-12(2)11-20-9-8-18-17(20)10-19-14(4)15-6-5-7-16(13(15)3)21(22)23/h5-9,12,14,19H,10-11H2,1-4H3. The zero-order chi connectivity index (χ0) is 17.0. The van der Waals surface area contributed by atoms with Crippen molar-refractivity contribution in [3.05, 3.63) is 57.7 Å². The van der Waals surface area contributed by atoms with Gasteiger partial charge in [-0.05, 0) is 25.3 Å². The Bertz CT molecular complexity index is 679. The number of aromatic nitrogens is 2. The number of nitrogens with one attached hydrogen (secondary N) is 1. The molecule has 1 aromatic carbocycles. The summed E-state index contributed by atoms with van der Waals surface area (Å²) in [5.41, 5.74) is 1.82. The van der Waals surface area contributed by atoms with Crippen molar-refractivity contribution < 1.29 is 4.92 Å². The molecular weight excluding hydrogens is 292 g/mol. The Kier molecular flexibility index (Phi) is 5.50. The van der Waals surface area contributed by atoms with E-state index in [4.69, 9.17) is 0 Å². The number of hydrogen-bond acceptors (Lipinski definition) is 4. The molecule has 1 N–H and O–H groups in total. The molecule has 0 aliphatic heterocycles. The predicted molar refractivity (Wildman–Crippen MR) is 90.2 cm³/mol. The summed E-state index contributed by atoms with van der Waals surface area (Å²) in [6.45, 7) is 9.72. The lowest BCUT2D eigenvalue weighted by Crippen LogP contribution is -2.22. The van der Waals surface area contributed by atoms with E-state index in [9.17, 15) is 10.1 Å². The topological polar surface area (TPSA) is 73.0 Å². The van der Waals surface area contributed by atoms with Gasteiger partial charge in [0.15, 0.2) is 0 Å². The summed E-state index contributed by atoms with van der Waals surface area (Å²) in [6.07, 6.45) is 3.79. The summed E-state index contributed by atoms with van der Waals surface area (Å²) in [5.74, 6) is 1.54. The smallest absolute Gasteiger partial charge is 0.272 e. The number of nitrogens with zero attached hydrogens (tertiary/aromatic N) is 3. The fourth-order valence-electron chi connectivity index (χ4n) is 2.73. The van der Waals surface area contributed by atoms with Crippen LogP contribution in [0.4, 0.5) is 5.69 Å². The summed E-state index contributed by atoms with van der Waals surface area (Å²) in [7, 11) is 0. The van der Waals surface area contributed by atoms with Gasteiger partial charge in [0.05, 0.1) is 11.5 Å². The summed E-state index contributed by atoms with van der Waals surface area (Å²) in [4.78, 5) is 15.1. The van der Waals surface area contributed by atoms with E-state index in [1.807, 2.05) is 25.4 Å². The molecule has 0 saturated carbocycles. The Morgan fingerprint density at radius 2 is 2.09 bits per heavy atom. The summed E-state index contributed by atoms with van der Waals surface area (Å²) in [5, 5.41) is 14.5. The van der Waals surface area contributed by atoms with Crippen LogP contribution in [-0.2, 0) is 13.1 Å². The van der Waals surface area contributed by atoms with Crippen LogP contribution in [0.2, 0.25) is 0 Å². The molecule has 2 aromatic rings. The van der Waals surface area contributed by atoms with E-state index in [1.165, 1.54) is 0 Å². The van der Waals surface area contributed by atoms with Gasteiger partial charge in [0.1, 0.15) is 5.82 Å². The van der Waals surface area contributed by atoms with Crippen LogP contribution in [0.3, 0.4) is 0 Å². The number of hydrogen-bond donors (Lipinski definition) is 1. The van der Waals surface area contributed by atoms with Gasteiger partial charge < -0.3 is 9.88 Å². The second-order valence-electron chi connectivity index (χ2n) is 6.24. The third-order valence-corrected chi connectivity index (χ3v) is 3.94. The van der Waals surface area contributed by atoms with Crippen molar-refractivity contribution in [1.82, 2.24) is 14.9 Å². The molecule has 23 heavy (non-hydrogen) atoms. The highest BCUT2D eigenvalue weighted by atomic mass is 16.6. The number of benzene rings is 1. The van der Waals surface area contributed by atoms with Gasteiger partial charge >= 0.3 is 0 Å². The number of imidazole rings is 1. The lowest BCUT2D eigenvalue weighted by Gasteiger charge is -2.17. The molecule has 1 atom stereocenters. The van der Waals surface area contributed by atoms with E-state index >= 15 is 0 Å². The average Bonchev–Trinajstić information content (AvgIpc) is 2.91. The Labute approximate surface area is 136 Å². The van der Waals surface area contributed by atoms with Gasteiger partial charge in [-0.25, -0.2) is 4.98 Å². The maximum atomic E-state index is 11.1. The Morgan fingerprint density at radius 1 is 1.35 bits per heavy atom. The van der Waals surface area contributed by atoms with Crippen molar-refractivity contribution in [2.75, 3.05) is 0 Å². The minimum absolute atomic E-state index is 0.0131. The van der Waals surface area contributed by atoms with Gasteiger partial charge in [0.25, 0.3) is 5.69 Å². The molecule has 0 saturated heterocycles. The first kappa shape index (κ1) is 17.1. The van der Waals surface area contributed by atoms with E-state index in [2.05, 4.69) is 28.7 Å². The van der Waals surface area contributed by atoms with Gasteiger partial charge in [0.2, 0.25) is 0 Å². The van der Waals surface area contributed by atoms with Crippen LogP contribution in [0, 0.1) is 23.0 Å². The fraction of sp³-hybridized carbons (Fsp3) is 0.471. The fourth-order valence-corrected chi connectivity index (χ4v) is 2.73. The lowest BCUT2D eigenvalue weighted by molar-refractivity contribution is -0.385. The van der Waals surface area contributed by atoms with Crippen LogP contribution in [0.25, 0.3) is 0 Å². The van der Waals surface area contributed by atoms with Crippen molar-refractivity contribution in [3.63, 3.8) is 0 Å². The van der Waals surface area contributed by atoms with E-state index in [0.717, 1.165) is 17.9 Å². The molecule has 0 amide bonds. The van der Waals surface area contributed by atoms with E-state index < -0.39 is 0 Å². The van der Waals surface area contributed by atoms with Crippen molar-refractivity contribution in [2.24, 2.45) is 5.92 Å². The SMILES string of the molecule is Cc1c(C(C)NCc2nccn2CC(C)C)cccc1[N+](=O)[O-]. The van der Waals surface area contributed by atoms with E-state index in [-0.39, 0.29) is 16.7 Å². The molecule has 1 aromatic heterocycles. The van der Waals surface area contributed by atoms with Crippen LogP contribution in [0.1, 0.15) is 43.8 Å². The first-order valence-electron chi connectivity index (χ1n) is 7.87. The maximum absolute atomic E-state index is 11.1. The first-order valence-corrected chi connectivity index (χ1v) is 7.87. The molecule has 124 valence electrons. The van der Waals surface area contributed by atoms with Crippen molar-refractivity contribution in [2.45, 2.75) is 46.8 Å². The van der Waals surface area contributed by atoms with Crippen LogP contribution >= 0.6 is 0 Å². The third-order valence-electron chi connectivity index (χ3n) is 3.94. The molecule has 2 rings (SSSR count). The molecular formula is C17H24N4O2. The van der Waals surface area contributed by atoms with E-state index in [1.54, 1.807) is 19.1 Å². The highest BCUT2D eigenvalue weighted by molar-refractivity contribution is 5.45. The van der Waals surface area contributed by atoms with Crippen LogP contribution < -0.4 is 5.32 Å². The number of rotatable bonds is 7. The van der Waals surface area contributed by atoms with Gasteiger partial charge in [0, 0.05) is 36.6 Å². The minimum Gasteiger partial charge on any atom is -0.334 e. The molecule has 0 radical (unpaired) electrons. The molecule has 0 spiro atoms. The first-order chi connectivity index (χ1) is 10.9. The van der Waals surface area contributed by atoms with Gasteiger partial charge in [-0.1, -0.05) is 26.0 Å². The second-order valence-corrected chi connectivity index (χ2v) is 6.24. The summed E-state index contributed by atoms with van der Waals surface area (Å²) in [6, 6.07) is 5.22. The largest absolute Gasteiger partial charge is 0.334 e. The van der Waals surface area contributed by atoms with Crippen molar-refractivity contribution in [1.29, 1.82) is 0 Å². The van der Waals surface area contributed by atoms with Gasteiger partial charge in [-0.2, -0.15) is 0 Å². The van der Waals surface area contributed by atoms with Gasteiger partial charge in [-0.3, -0.25) is 10.1 Å². The van der Waals surface area contributed by atoms with Crippen LogP contribution in [-0.4, -0.2) is 14.5 Å². The zero-order valence-electron chi connectivity index (χ0n) is 14.1. The van der Waals surface area contributed by atoms with E-state index in [0.29, 0.717) is 18.0 Å². The maximum Gasteiger partial charge on any atom is 0.272 e. The summed E-state index contributed by atoms with van der Waals surface area (Å²) < 4.78 is 2.14. The third kappa shape index (κ3) is 4.16. The predicted octanol–water partition coefficient (Wildman–Crippen LogP) is 3.61. The monoisotopic (exact) mass is 316 g/mol. The molecule has 0 aliphatic carbocycles. The number of nitro benzene ring substituents is 1. The highest BCUT2D eigenvalue weighted by Crippen LogP contribution is 2.25. The molecule has 6 nitrogen and oxygen atoms in total. The van der Waals surface area contributed by atoms with Crippen LogP contribution in [0.15, 0.2) is 30.6 Å². The molecule has 6 heteroatoms. The highest BCUT2D eigenvalue weighted by Gasteiger charge is 2.17. The summed E-state index contributed by atoms with van der Waals surface area (Å²) >= 11 is 0. The normalized spacial score (nSPS) is 12.6. The molecule has 1 unspecified atom stereocenters. The molecule has 0 aliphatic rings. The lowest BCUT2D eigenvalue weighted by atomic mass is 10.0. The molecule has 1 heterocycles. The van der Waals surface area contributed by atoms with Crippen molar-refractivity contribution >= 4 is 5.69 Å². The minimum atomic E-state index is -0.332. The Balaban J connectivity index is 2.09. The molecule has 0 fully saturated rings.